The van der Waals surface area contributed by atoms with Gasteiger partial charge < -0.3 is 33.9 Å². The van der Waals surface area contributed by atoms with Gasteiger partial charge >= 0.3 is 0 Å². The van der Waals surface area contributed by atoms with Crippen LogP contribution in [-0.2, 0) is 127 Å². The summed E-state index contributed by atoms with van der Waals surface area (Å²) in [4.78, 5) is 30.4. The topological polar surface area (TPSA) is 90.9 Å². The molecule has 0 unspecified atom stereocenters. The van der Waals surface area contributed by atoms with Crippen LogP contribution in [0.1, 0.15) is 19.3 Å². The predicted molar refractivity (Wildman–Crippen MR) is 75.2 cm³/mol. The summed E-state index contributed by atoms with van der Waals surface area (Å²) in [6.45, 7) is 1.58. The molecule has 0 aliphatic rings. The summed E-state index contributed by atoms with van der Waals surface area (Å²) in [5.41, 5.74) is -0.616. The summed E-state index contributed by atoms with van der Waals surface area (Å²) in [5.74, 6) is 0. The van der Waals surface area contributed by atoms with Crippen LogP contribution >= 0.6 is 0 Å². The molecule has 3 radical (unpaired) electrons. The number of carbonyl (C=O) groups excluding carboxylic acids is 3. The molecular formula is C14H22NO6Y3-3. The van der Waals surface area contributed by atoms with Crippen molar-refractivity contribution in [2.24, 2.45) is 0 Å². The van der Waals surface area contributed by atoms with Crippen LogP contribution in [0.4, 0.5) is 0 Å². The molecule has 0 aromatic rings. The van der Waals surface area contributed by atoms with Gasteiger partial charge in [0.1, 0.15) is 0 Å². The minimum atomic E-state index is -0.616. The fourth-order valence-corrected chi connectivity index (χ4v) is 1.49. The molecule has 0 heterocycles. The van der Waals surface area contributed by atoms with Gasteiger partial charge in [-0.1, -0.05) is 0 Å². The van der Waals surface area contributed by atoms with Crippen LogP contribution in [-0.4, -0.2) is 71.1 Å². The Morgan fingerprint density at radius 1 is 0.708 bits per heavy atom. The zero-order valence-corrected chi connectivity index (χ0v) is 22.6. The predicted octanol–water partition coefficient (Wildman–Crippen LogP) is -0.514. The Bertz CT molecular complexity index is 257. The molecule has 0 fully saturated rings. The number of ether oxygens (including phenoxy) is 3. The van der Waals surface area contributed by atoms with Crippen LogP contribution in [0.3, 0.4) is 0 Å². The monoisotopic (exact) mass is 567 g/mol. The third-order valence-electron chi connectivity index (χ3n) is 2.71. The fourth-order valence-electron chi connectivity index (χ4n) is 1.49. The molecule has 0 spiro atoms. The first-order chi connectivity index (χ1) is 10.2. The average Bonchev–Trinajstić information content (AvgIpc) is 2.51. The first kappa shape index (κ1) is 33.7. The minimum absolute atomic E-state index is 0. The summed E-state index contributed by atoms with van der Waals surface area (Å²) in [6.07, 6.45) is 5.83. The summed E-state index contributed by atoms with van der Waals surface area (Å²) in [5, 5.41) is 3.08. The second kappa shape index (κ2) is 25.2. The summed E-state index contributed by atoms with van der Waals surface area (Å²) in [6, 6.07) is 0. The SMILES string of the molecule is CNC(COCC[C-]=O)(COCC[C-]=O)COCC[C-]=O.[Y].[Y].[Y]. The van der Waals surface area contributed by atoms with Gasteiger partial charge in [0.25, 0.3) is 0 Å². The second-order valence-electron chi connectivity index (χ2n) is 4.37. The van der Waals surface area contributed by atoms with Crippen molar-refractivity contribution in [3.8, 4) is 0 Å². The van der Waals surface area contributed by atoms with E-state index in [2.05, 4.69) is 5.32 Å². The van der Waals surface area contributed by atoms with Crippen molar-refractivity contribution >= 4 is 18.9 Å². The van der Waals surface area contributed by atoms with Crippen LogP contribution < -0.4 is 5.32 Å². The largest absolute Gasteiger partial charge is 0.542 e. The molecule has 0 atom stereocenters. The Labute approximate surface area is 219 Å². The number of hydrogen-bond donors (Lipinski definition) is 1. The summed E-state index contributed by atoms with van der Waals surface area (Å²) < 4.78 is 16.2. The fraction of sp³-hybridized carbons (Fsp3) is 0.786. The van der Waals surface area contributed by atoms with Gasteiger partial charge in [-0.05, 0) is 7.05 Å². The van der Waals surface area contributed by atoms with Crippen LogP contribution in [0.15, 0.2) is 0 Å². The Kier molecular flexibility index (Phi) is 35.4. The molecule has 0 saturated carbocycles. The van der Waals surface area contributed by atoms with Gasteiger partial charge in [-0.2, -0.15) is 0 Å². The molecule has 1 N–H and O–H groups in total. The molecular weight excluding hydrogens is 545 g/mol. The van der Waals surface area contributed by atoms with Crippen molar-refractivity contribution in [2.45, 2.75) is 24.8 Å². The van der Waals surface area contributed by atoms with Crippen LogP contribution in [0.25, 0.3) is 0 Å². The van der Waals surface area contributed by atoms with Gasteiger partial charge in [0.05, 0.1) is 25.4 Å². The van der Waals surface area contributed by atoms with E-state index in [0.29, 0.717) is 0 Å². The molecule has 0 aromatic heterocycles. The first-order valence-electron chi connectivity index (χ1n) is 6.72. The van der Waals surface area contributed by atoms with Crippen LogP contribution in [0, 0.1) is 0 Å². The van der Waals surface area contributed by atoms with E-state index in [-0.39, 0.29) is 157 Å². The average molecular weight is 567 g/mol. The van der Waals surface area contributed by atoms with Gasteiger partial charge in [-0.3, -0.25) is 18.9 Å². The van der Waals surface area contributed by atoms with Crippen molar-refractivity contribution in [1.29, 1.82) is 0 Å². The maximum absolute atomic E-state index is 10.1. The molecule has 7 nitrogen and oxygen atoms in total. The van der Waals surface area contributed by atoms with Crippen molar-refractivity contribution in [3.05, 3.63) is 0 Å². The smallest absolute Gasteiger partial charge is 0.0887 e. The zero-order chi connectivity index (χ0) is 15.8. The molecule has 0 aliphatic heterocycles. The molecule has 0 rings (SSSR count). The van der Waals surface area contributed by atoms with Gasteiger partial charge in [0, 0.05) is 118 Å². The molecule has 0 bridgehead atoms. The minimum Gasteiger partial charge on any atom is -0.542 e. The van der Waals surface area contributed by atoms with E-state index in [9.17, 15) is 14.4 Å². The van der Waals surface area contributed by atoms with E-state index in [0.717, 1.165) is 0 Å². The Hall–Kier alpha value is 2.16. The number of rotatable bonds is 16. The normalized spacial score (nSPS) is 9.88. The molecule has 0 saturated heterocycles. The van der Waals surface area contributed by atoms with Crippen molar-refractivity contribution in [3.63, 3.8) is 0 Å². The van der Waals surface area contributed by atoms with Crippen LogP contribution in [0.5, 0.6) is 0 Å². The van der Waals surface area contributed by atoms with Gasteiger partial charge in [-0.15, -0.1) is 19.3 Å². The van der Waals surface area contributed by atoms with E-state index in [1.54, 1.807) is 25.9 Å². The Balaban J connectivity index is -0.000000667. The molecule has 131 valence electrons. The van der Waals surface area contributed by atoms with Gasteiger partial charge in [0.2, 0.25) is 0 Å². The van der Waals surface area contributed by atoms with E-state index in [1.165, 1.54) is 0 Å². The maximum Gasteiger partial charge on any atom is 0.0887 e. The second-order valence-corrected chi connectivity index (χ2v) is 4.37. The molecule has 10 heteroatoms. The molecule has 0 amide bonds. The Morgan fingerprint density at radius 3 is 1.21 bits per heavy atom. The molecule has 24 heavy (non-hydrogen) atoms. The van der Waals surface area contributed by atoms with Crippen LogP contribution in [0.2, 0.25) is 0 Å². The number of hydrogen-bond acceptors (Lipinski definition) is 7. The number of nitrogens with one attached hydrogen (secondary N) is 1. The third kappa shape index (κ3) is 18.9. The Morgan fingerprint density at radius 2 is 1.00 bits per heavy atom. The van der Waals surface area contributed by atoms with Crippen molar-refractivity contribution in [1.82, 2.24) is 5.32 Å². The van der Waals surface area contributed by atoms with E-state index in [1.807, 2.05) is 0 Å². The maximum atomic E-state index is 10.1. The van der Waals surface area contributed by atoms with E-state index in [4.69, 9.17) is 14.2 Å². The van der Waals surface area contributed by atoms with E-state index < -0.39 is 5.54 Å². The van der Waals surface area contributed by atoms with E-state index >= 15 is 0 Å². The molecule has 0 aromatic carbocycles. The van der Waals surface area contributed by atoms with Gasteiger partial charge in [0.15, 0.2) is 0 Å². The number of likely N-dealkylation sites (N-methyl/N-ethyl adjacent to an activating group) is 1. The third-order valence-corrected chi connectivity index (χ3v) is 2.71. The zero-order valence-electron chi connectivity index (χ0n) is 14.0. The standard InChI is InChI=1S/C14H22NO6.3Y/c1-15-14(11-19-8-2-5-16,12-20-9-3-6-17)13-21-10-4-7-18;;;/h15H,2-4,8-13H2,1H3;;;/q-3;;;. The van der Waals surface area contributed by atoms with Crippen molar-refractivity contribution in [2.75, 3.05) is 46.7 Å². The quantitative estimate of drug-likeness (QED) is 0.199. The molecule has 0 aliphatic carbocycles. The first-order valence-corrected chi connectivity index (χ1v) is 6.72. The van der Waals surface area contributed by atoms with Gasteiger partial charge in [-0.25, -0.2) is 0 Å². The summed E-state index contributed by atoms with van der Waals surface area (Å²) >= 11 is 0. The summed E-state index contributed by atoms with van der Waals surface area (Å²) in [7, 11) is 1.74. The van der Waals surface area contributed by atoms with Crippen molar-refractivity contribution < 1.29 is 127 Å².